The maximum atomic E-state index is 12.3. The smallest absolute Gasteiger partial charge is 0.244 e. The third-order valence-electron chi connectivity index (χ3n) is 2.94. The lowest BCUT2D eigenvalue weighted by atomic mass is 10.1. The van der Waals surface area contributed by atoms with Crippen LogP contribution in [0.5, 0.6) is 0 Å². The van der Waals surface area contributed by atoms with Gasteiger partial charge < -0.3 is 15.5 Å². The van der Waals surface area contributed by atoms with Gasteiger partial charge in [-0.05, 0) is 12.5 Å². The molecule has 0 aliphatic rings. The molecule has 0 heterocycles. The van der Waals surface area contributed by atoms with Crippen LogP contribution in [0.3, 0.4) is 0 Å². The quantitative estimate of drug-likeness (QED) is 0.847. The Bertz CT molecular complexity index is 432. The van der Waals surface area contributed by atoms with Gasteiger partial charge in [0.15, 0.2) is 0 Å². The third-order valence-corrected chi connectivity index (χ3v) is 2.94. The first kappa shape index (κ1) is 15.2. The molecule has 5 nitrogen and oxygen atoms in total. The summed E-state index contributed by atoms with van der Waals surface area (Å²) in [4.78, 5) is 26.9. The van der Waals surface area contributed by atoms with Gasteiger partial charge in [0.05, 0.1) is 6.54 Å². The number of benzene rings is 1. The lowest BCUT2D eigenvalue weighted by Crippen LogP contribution is -2.44. The summed E-state index contributed by atoms with van der Waals surface area (Å²) in [6.07, 6.45) is 0. The molecule has 0 aliphatic heterocycles. The molecule has 0 aromatic heterocycles. The average Bonchev–Trinajstić information content (AvgIpc) is 2.43. The predicted molar refractivity (Wildman–Crippen MR) is 74.3 cm³/mol. The molecule has 1 aromatic carbocycles. The molecule has 1 atom stereocenters. The van der Waals surface area contributed by atoms with Crippen molar-refractivity contribution < 1.29 is 9.59 Å². The molecule has 0 radical (unpaired) electrons. The zero-order valence-electron chi connectivity index (χ0n) is 11.7. The van der Waals surface area contributed by atoms with E-state index < -0.39 is 6.04 Å². The van der Waals surface area contributed by atoms with Crippen LogP contribution in [0.1, 0.15) is 18.5 Å². The molecule has 0 spiro atoms. The average molecular weight is 263 g/mol. The van der Waals surface area contributed by atoms with Crippen molar-refractivity contribution in [3.63, 3.8) is 0 Å². The highest BCUT2D eigenvalue weighted by atomic mass is 16.2. The zero-order valence-corrected chi connectivity index (χ0v) is 11.7. The van der Waals surface area contributed by atoms with Crippen molar-refractivity contribution in [2.75, 3.05) is 27.2 Å². The van der Waals surface area contributed by atoms with Gasteiger partial charge in [0, 0.05) is 20.6 Å². The number of hydrogen-bond donors (Lipinski definition) is 1. The Balaban J connectivity index is 2.76. The lowest BCUT2D eigenvalue weighted by molar-refractivity contribution is -0.139. The molecule has 0 bridgehead atoms. The Labute approximate surface area is 114 Å². The Morgan fingerprint density at radius 3 is 2.26 bits per heavy atom. The van der Waals surface area contributed by atoms with Crippen LogP contribution in [0.4, 0.5) is 0 Å². The Kier molecular flexibility index (Phi) is 5.51. The van der Waals surface area contributed by atoms with E-state index in [1.807, 2.05) is 37.3 Å². The molecule has 104 valence electrons. The van der Waals surface area contributed by atoms with Gasteiger partial charge >= 0.3 is 0 Å². The van der Waals surface area contributed by atoms with Crippen LogP contribution in [0, 0.1) is 0 Å². The summed E-state index contributed by atoms with van der Waals surface area (Å²) < 4.78 is 0. The number of nitrogens with two attached hydrogens (primary N) is 1. The van der Waals surface area contributed by atoms with Crippen molar-refractivity contribution in [1.82, 2.24) is 9.80 Å². The van der Waals surface area contributed by atoms with Gasteiger partial charge in [-0.3, -0.25) is 9.59 Å². The maximum absolute atomic E-state index is 12.3. The van der Waals surface area contributed by atoms with Crippen molar-refractivity contribution in [1.29, 1.82) is 0 Å². The summed E-state index contributed by atoms with van der Waals surface area (Å²) in [5.74, 6) is -0.348. The highest BCUT2D eigenvalue weighted by Crippen LogP contribution is 2.12. The molecule has 0 saturated heterocycles. The predicted octanol–water partition coefficient (Wildman–Crippen LogP) is 0.623. The van der Waals surface area contributed by atoms with Gasteiger partial charge in [0.2, 0.25) is 11.8 Å². The molecule has 1 rings (SSSR count). The number of rotatable bonds is 5. The number of carbonyl (C=O) groups is 2. The van der Waals surface area contributed by atoms with E-state index in [2.05, 4.69) is 0 Å². The van der Waals surface area contributed by atoms with Gasteiger partial charge in [-0.2, -0.15) is 0 Å². The Hall–Kier alpha value is -1.88. The number of nitrogens with zero attached hydrogens (tertiary/aromatic N) is 2. The second-order valence-corrected chi connectivity index (χ2v) is 4.53. The zero-order chi connectivity index (χ0) is 14.4. The van der Waals surface area contributed by atoms with E-state index >= 15 is 0 Å². The molecule has 1 aromatic rings. The van der Waals surface area contributed by atoms with Gasteiger partial charge in [0.1, 0.15) is 6.04 Å². The SMILES string of the molecule is CCN(CC(=O)N(C)C)C(=O)C(N)c1ccccc1. The van der Waals surface area contributed by atoms with Crippen LogP contribution in [0.2, 0.25) is 0 Å². The fourth-order valence-electron chi connectivity index (χ4n) is 1.65. The minimum Gasteiger partial charge on any atom is -0.347 e. The molecule has 0 fully saturated rings. The number of likely N-dealkylation sites (N-methyl/N-ethyl adjacent to an activating group) is 2. The van der Waals surface area contributed by atoms with Gasteiger partial charge in [-0.15, -0.1) is 0 Å². The molecule has 19 heavy (non-hydrogen) atoms. The summed E-state index contributed by atoms with van der Waals surface area (Å²) >= 11 is 0. The van der Waals surface area contributed by atoms with Crippen LogP contribution in [-0.4, -0.2) is 48.8 Å². The van der Waals surface area contributed by atoms with Crippen molar-refractivity contribution in [2.24, 2.45) is 5.73 Å². The number of hydrogen-bond acceptors (Lipinski definition) is 3. The van der Waals surface area contributed by atoms with Crippen LogP contribution in [0.15, 0.2) is 30.3 Å². The first-order valence-corrected chi connectivity index (χ1v) is 6.26. The number of amides is 2. The molecule has 1 unspecified atom stereocenters. The summed E-state index contributed by atoms with van der Waals surface area (Å²) in [6, 6.07) is 8.44. The van der Waals surface area contributed by atoms with E-state index in [1.54, 1.807) is 14.1 Å². The Morgan fingerprint density at radius 2 is 1.79 bits per heavy atom. The van der Waals surface area contributed by atoms with Crippen LogP contribution in [0.25, 0.3) is 0 Å². The normalized spacial score (nSPS) is 11.8. The fraction of sp³-hybridized carbons (Fsp3) is 0.429. The van der Waals surface area contributed by atoms with E-state index in [9.17, 15) is 9.59 Å². The summed E-state index contributed by atoms with van der Waals surface area (Å²) in [6.45, 7) is 2.35. The summed E-state index contributed by atoms with van der Waals surface area (Å²) in [7, 11) is 3.33. The summed E-state index contributed by atoms with van der Waals surface area (Å²) in [5.41, 5.74) is 6.70. The van der Waals surface area contributed by atoms with E-state index in [0.717, 1.165) is 5.56 Å². The molecule has 5 heteroatoms. The van der Waals surface area contributed by atoms with E-state index in [-0.39, 0.29) is 18.4 Å². The van der Waals surface area contributed by atoms with Crippen LogP contribution in [-0.2, 0) is 9.59 Å². The molecular weight excluding hydrogens is 242 g/mol. The highest BCUT2D eigenvalue weighted by molar-refractivity contribution is 5.88. The van der Waals surface area contributed by atoms with E-state index in [4.69, 9.17) is 5.73 Å². The molecule has 2 N–H and O–H groups in total. The topological polar surface area (TPSA) is 66.6 Å². The monoisotopic (exact) mass is 263 g/mol. The Morgan fingerprint density at radius 1 is 1.21 bits per heavy atom. The maximum Gasteiger partial charge on any atom is 0.244 e. The minimum absolute atomic E-state index is 0.0584. The molecule has 0 aliphatic carbocycles. The summed E-state index contributed by atoms with van der Waals surface area (Å²) in [5, 5.41) is 0. The molecular formula is C14H21N3O2. The minimum atomic E-state index is -0.726. The van der Waals surface area contributed by atoms with Crippen LogP contribution < -0.4 is 5.73 Å². The molecule has 2 amide bonds. The standard InChI is InChI=1S/C14H21N3O2/c1-4-17(10-12(18)16(2)3)14(19)13(15)11-8-6-5-7-9-11/h5-9,13H,4,10,15H2,1-3H3. The fourth-order valence-corrected chi connectivity index (χ4v) is 1.65. The first-order valence-electron chi connectivity index (χ1n) is 6.26. The molecule has 0 saturated carbocycles. The van der Waals surface area contributed by atoms with Crippen molar-refractivity contribution in [3.8, 4) is 0 Å². The lowest BCUT2D eigenvalue weighted by Gasteiger charge is -2.25. The third kappa shape index (κ3) is 4.06. The van der Waals surface area contributed by atoms with Gasteiger partial charge in [0.25, 0.3) is 0 Å². The number of carbonyl (C=O) groups excluding carboxylic acids is 2. The van der Waals surface area contributed by atoms with Gasteiger partial charge in [-0.25, -0.2) is 0 Å². The largest absolute Gasteiger partial charge is 0.347 e. The first-order chi connectivity index (χ1) is 8.97. The van der Waals surface area contributed by atoms with E-state index in [0.29, 0.717) is 6.54 Å². The van der Waals surface area contributed by atoms with Crippen molar-refractivity contribution >= 4 is 11.8 Å². The van der Waals surface area contributed by atoms with Crippen molar-refractivity contribution in [2.45, 2.75) is 13.0 Å². The highest BCUT2D eigenvalue weighted by Gasteiger charge is 2.23. The van der Waals surface area contributed by atoms with Crippen LogP contribution >= 0.6 is 0 Å². The van der Waals surface area contributed by atoms with Crippen molar-refractivity contribution in [3.05, 3.63) is 35.9 Å². The van der Waals surface area contributed by atoms with Gasteiger partial charge in [-0.1, -0.05) is 30.3 Å². The second-order valence-electron chi connectivity index (χ2n) is 4.53. The van der Waals surface area contributed by atoms with E-state index in [1.165, 1.54) is 9.80 Å². The second kappa shape index (κ2) is 6.89.